The standard InChI is InChI=1S/C17H11N3OS/c21-22-13-6-2-1-5-12(13)16-17(22)15-11(9-18-16)10-20-8-4-3-7-14(20)19-15/h1-7,9-10H,8H2. The normalized spacial score (nSPS) is 20.1. The summed E-state index contributed by atoms with van der Waals surface area (Å²) in [6.07, 6.45) is 9.91. The molecule has 0 spiro atoms. The van der Waals surface area contributed by atoms with Crippen molar-refractivity contribution in [1.82, 2.24) is 9.88 Å². The largest absolute Gasteiger partial charge is 0.328 e. The van der Waals surface area contributed by atoms with Gasteiger partial charge in [-0.05, 0) is 12.1 Å². The van der Waals surface area contributed by atoms with E-state index in [0.717, 1.165) is 44.0 Å². The molecule has 1 unspecified atom stereocenters. The first kappa shape index (κ1) is 12.1. The zero-order valence-electron chi connectivity index (χ0n) is 11.6. The van der Waals surface area contributed by atoms with Crippen LogP contribution in [-0.4, -0.2) is 20.6 Å². The highest BCUT2D eigenvalue weighted by Gasteiger charge is 2.29. The zero-order chi connectivity index (χ0) is 14.7. The summed E-state index contributed by atoms with van der Waals surface area (Å²) in [4.78, 5) is 12.9. The third-order valence-electron chi connectivity index (χ3n) is 4.06. The van der Waals surface area contributed by atoms with Crippen LogP contribution < -0.4 is 10.6 Å². The van der Waals surface area contributed by atoms with Crippen molar-refractivity contribution in [2.75, 3.05) is 6.54 Å². The average molecular weight is 305 g/mol. The smallest absolute Gasteiger partial charge is 0.133 e. The first-order valence-electron chi connectivity index (χ1n) is 7.07. The molecule has 0 aliphatic carbocycles. The van der Waals surface area contributed by atoms with E-state index in [-0.39, 0.29) is 0 Å². The molecule has 3 aliphatic heterocycles. The maximum Gasteiger partial charge on any atom is 0.133 e. The third-order valence-corrected chi connectivity index (χ3v) is 5.58. The Bertz CT molecular complexity index is 1040. The van der Waals surface area contributed by atoms with Gasteiger partial charge in [0.1, 0.15) is 5.82 Å². The molecule has 0 N–H and O–H groups in total. The van der Waals surface area contributed by atoms with Gasteiger partial charge in [-0.1, -0.05) is 30.4 Å². The van der Waals surface area contributed by atoms with Crippen molar-refractivity contribution in [2.24, 2.45) is 4.99 Å². The minimum Gasteiger partial charge on any atom is -0.328 e. The Balaban J connectivity index is 1.88. The van der Waals surface area contributed by atoms with Gasteiger partial charge in [-0.15, -0.1) is 0 Å². The van der Waals surface area contributed by atoms with Gasteiger partial charge in [0.05, 0.1) is 31.6 Å². The van der Waals surface area contributed by atoms with Gasteiger partial charge in [0.2, 0.25) is 0 Å². The van der Waals surface area contributed by atoms with Crippen molar-refractivity contribution >= 4 is 17.0 Å². The second kappa shape index (κ2) is 4.24. The number of nitrogens with zero attached hydrogens (tertiary/aromatic N) is 3. The van der Waals surface area contributed by atoms with Gasteiger partial charge >= 0.3 is 0 Å². The van der Waals surface area contributed by atoms with E-state index >= 15 is 0 Å². The predicted molar refractivity (Wildman–Crippen MR) is 83.5 cm³/mol. The highest BCUT2D eigenvalue weighted by Crippen LogP contribution is 2.36. The van der Waals surface area contributed by atoms with Crippen molar-refractivity contribution in [3.05, 3.63) is 65.1 Å². The number of benzene rings is 1. The van der Waals surface area contributed by atoms with Crippen LogP contribution in [0.4, 0.5) is 0 Å². The molecular formula is C17H11N3OS. The monoisotopic (exact) mass is 305 g/mol. The molecule has 22 heavy (non-hydrogen) atoms. The first-order chi connectivity index (χ1) is 10.8. The molecule has 5 rings (SSSR count). The fourth-order valence-corrected chi connectivity index (χ4v) is 4.49. The van der Waals surface area contributed by atoms with Crippen molar-refractivity contribution < 1.29 is 4.21 Å². The lowest BCUT2D eigenvalue weighted by atomic mass is 10.1. The minimum absolute atomic E-state index is 0.741. The molecule has 0 amide bonds. The molecule has 0 bridgehead atoms. The highest BCUT2D eigenvalue weighted by atomic mass is 32.2. The summed E-state index contributed by atoms with van der Waals surface area (Å²) in [6.45, 7) is 0.801. The predicted octanol–water partition coefficient (Wildman–Crippen LogP) is 1.31. The van der Waals surface area contributed by atoms with Gasteiger partial charge < -0.3 is 4.90 Å². The fourth-order valence-electron chi connectivity index (χ4n) is 3.03. The summed E-state index contributed by atoms with van der Waals surface area (Å²) >= 11 is 0. The van der Waals surface area contributed by atoms with E-state index in [0.29, 0.717) is 0 Å². The quantitative estimate of drug-likeness (QED) is 0.629. The number of pyridine rings is 1. The number of aromatic nitrogens is 1. The van der Waals surface area contributed by atoms with E-state index in [1.54, 1.807) is 0 Å². The molecule has 5 heteroatoms. The molecule has 0 saturated heterocycles. The number of hydrogen-bond donors (Lipinski definition) is 0. The van der Waals surface area contributed by atoms with Gasteiger partial charge in [-0.3, -0.25) is 4.98 Å². The van der Waals surface area contributed by atoms with Gasteiger partial charge in [0.15, 0.2) is 0 Å². The molecule has 3 aliphatic rings. The van der Waals surface area contributed by atoms with Crippen molar-refractivity contribution in [2.45, 2.75) is 9.79 Å². The van der Waals surface area contributed by atoms with Crippen LogP contribution in [0.5, 0.6) is 0 Å². The van der Waals surface area contributed by atoms with E-state index < -0.39 is 10.8 Å². The zero-order valence-corrected chi connectivity index (χ0v) is 12.4. The molecule has 4 heterocycles. The molecule has 1 aromatic heterocycles. The minimum atomic E-state index is -1.21. The van der Waals surface area contributed by atoms with Crippen LogP contribution >= 0.6 is 0 Å². The first-order valence-corrected chi connectivity index (χ1v) is 8.22. The lowest BCUT2D eigenvalue weighted by Gasteiger charge is -2.23. The van der Waals surface area contributed by atoms with E-state index in [1.807, 2.05) is 48.8 Å². The molecule has 106 valence electrons. The maximum atomic E-state index is 12.9. The molecule has 1 aromatic carbocycles. The topological polar surface area (TPSA) is 45.6 Å². The molecule has 1 atom stereocenters. The maximum absolute atomic E-state index is 12.9. The van der Waals surface area contributed by atoms with Gasteiger partial charge in [-0.25, -0.2) is 9.20 Å². The number of allylic oxidation sites excluding steroid dienone is 2. The van der Waals surface area contributed by atoms with E-state index in [9.17, 15) is 4.21 Å². The number of rotatable bonds is 0. The van der Waals surface area contributed by atoms with E-state index in [4.69, 9.17) is 4.99 Å². The summed E-state index contributed by atoms with van der Waals surface area (Å²) in [7, 11) is -1.21. The van der Waals surface area contributed by atoms with E-state index in [2.05, 4.69) is 16.0 Å². The highest BCUT2D eigenvalue weighted by molar-refractivity contribution is 7.85. The van der Waals surface area contributed by atoms with Crippen LogP contribution in [0.2, 0.25) is 0 Å². The molecule has 4 nitrogen and oxygen atoms in total. The van der Waals surface area contributed by atoms with Crippen LogP contribution in [0.3, 0.4) is 0 Å². The van der Waals surface area contributed by atoms with E-state index in [1.165, 1.54) is 0 Å². The number of fused-ring (bicyclic) bond motifs is 6. The van der Waals surface area contributed by atoms with Gasteiger partial charge in [0, 0.05) is 29.7 Å². The lowest BCUT2D eigenvalue weighted by Crippen LogP contribution is -2.38. The van der Waals surface area contributed by atoms with Crippen molar-refractivity contribution in [3.8, 4) is 11.3 Å². The molecule has 2 aromatic rings. The molecule has 0 saturated carbocycles. The number of hydrogen-bond acceptors (Lipinski definition) is 4. The Morgan fingerprint density at radius 1 is 1.23 bits per heavy atom. The van der Waals surface area contributed by atoms with Crippen LogP contribution in [-0.2, 0) is 10.8 Å². The third kappa shape index (κ3) is 1.49. The fraction of sp³-hybridized carbons (Fsp3) is 0.0588. The van der Waals surface area contributed by atoms with Gasteiger partial charge in [0.25, 0.3) is 0 Å². The summed E-state index contributed by atoms with van der Waals surface area (Å²) in [5.41, 5.74) is 1.75. The second-order valence-corrected chi connectivity index (χ2v) is 6.74. The van der Waals surface area contributed by atoms with Crippen LogP contribution in [0.1, 0.15) is 0 Å². The summed E-state index contributed by atoms with van der Waals surface area (Å²) < 4.78 is 12.9. The molecule has 0 fully saturated rings. The molecular weight excluding hydrogens is 294 g/mol. The Labute approximate surface area is 129 Å². The van der Waals surface area contributed by atoms with Crippen LogP contribution in [0.15, 0.2) is 69.3 Å². The van der Waals surface area contributed by atoms with Crippen LogP contribution in [0, 0.1) is 0 Å². The Morgan fingerprint density at radius 3 is 3.09 bits per heavy atom. The summed E-state index contributed by atoms with van der Waals surface area (Å²) in [5, 5.41) is 1.71. The Kier molecular flexibility index (Phi) is 2.32. The molecule has 0 radical (unpaired) electrons. The SMILES string of the molecule is O=S1c2ccccc2-c2ncc3c(c21)=NC1=CC=CCN1C=3. The summed E-state index contributed by atoms with van der Waals surface area (Å²) in [6, 6.07) is 7.74. The van der Waals surface area contributed by atoms with Crippen molar-refractivity contribution in [3.63, 3.8) is 0 Å². The van der Waals surface area contributed by atoms with Gasteiger partial charge in [-0.2, -0.15) is 0 Å². The lowest BCUT2D eigenvalue weighted by molar-refractivity contribution is 0.533. The Hall–Kier alpha value is -2.53. The van der Waals surface area contributed by atoms with Crippen LogP contribution in [0.25, 0.3) is 17.5 Å². The summed E-state index contributed by atoms with van der Waals surface area (Å²) in [5.74, 6) is 0.886. The Morgan fingerprint density at radius 2 is 2.14 bits per heavy atom. The second-order valence-electron chi connectivity index (χ2n) is 5.35. The average Bonchev–Trinajstić information content (AvgIpc) is 2.87. The van der Waals surface area contributed by atoms with Crippen molar-refractivity contribution in [1.29, 1.82) is 0 Å².